The summed E-state index contributed by atoms with van der Waals surface area (Å²) in [4.78, 5) is 25.1. The van der Waals surface area contributed by atoms with Gasteiger partial charge in [0.05, 0.1) is 24.8 Å². The molecule has 1 saturated heterocycles. The molecule has 6 nitrogen and oxygen atoms in total. The average molecular weight is 358 g/mol. The van der Waals surface area contributed by atoms with E-state index in [2.05, 4.69) is 5.32 Å². The van der Waals surface area contributed by atoms with Gasteiger partial charge >= 0.3 is 12.0 Å². The van der Waals surface area contributed by atoms with E-state index in [1.165, 1.54) is 24.3 Å². The molecule has 2 N–H and O–H groups in total. The zero-order chi connectivity index (χ0) is 18.5. The summed E-state index contributed by atoms with van der Waals surface area (Å²) in [6, 6.07) is 11.8. The molecule has 26 heavy (non-hydrogen) atoms. The molecule has 0 aromatic heterocycles. The maximum absolute atomic E-state index is 13.1. The number of hydrogen-bond donors (Lipinski definition) is 2. The smallest absolute Gasteiger partial charge is 0.335 e. The fraction of sp³-hybridized carbons (Fsp3) is 0.263. The number of nitrogens with zero attached hydrogens (tertiary/aromatic N) is 1. The summed E-state index contributed by atoms with van der Waals surface area (Å²) in [5.74, 6) is -1.32. The number of ether oxygens (including phenoxy) is 1. The van der Waals surface area contributed by atoms with Gasteiger partial charge in [0.25, 0.3) is 0 Å². The van der Waals surface area contributed by atoms with Gasteiger partial charge in [-0.3, -0.25) is 0 Å². The van der Waals surface area contributed by atoms with E-state index in [9.17, 15) is 14.0 Å². The Morgan fingerprint density at radius 2 is 1.85 bits per heavy atom. The number of aromatic carboxylic acids is 1. The normalized spacial score (nSPS) is 17.0. The van der Waals surface area contributed by atoms with Gasteiger partial charge in [-0.15, -0.1) is 0 Å². The van der Waals surface area contributed by atoms with Crippen molar-refractivity contribution in [3.63, 3.8) is 0 Å². The number of carbonyl (C=O) groups excluding carboxylic acids is 1. The second-order valence-corrected chi connectivity index (χ2v) is 6.00. The first-order chi connectivity index (χ1) is 12.5. The molecular weight excluding hydrogens is 339 g/mol. The number of urea groups is 1. The van der Waals surface area contributed by atoms with Gasteiger partial charge in [0, 0.05) is 13.1 Å². The molecule has 2 aromatic carbocycles. The van der Waals surface area contributed by atoms with Gasteiger partial charge in [-0.25, -0.2) is 14.0 Å². The van der Waals surface area contributed by atoms with Crippen molar-refractivity contribution >= 4 is 12.0 Å². The van der Waals surface area contributed by atoms with E-state index in [1.807, 2.05) is 0 Å². The third kappa shape index (κ3) is 4.18. The Bertz CT molecular complexity index is 777. The highest BCUT2D eigenvalue weighted by Gasteiger charge is 2.28. The predicted molar refractivity (Wildman–Crippen MR) is 92.3 cm³/mol. The van der Waals surface area contributed by atoms with Crippen LogP contribution in [0.3, 0.4) is 0 Å². The van der Waals surface area contributed by atoms with Gasteiger partial charge in [-0.1, -0.05) is 24.3 Å². The number of amides is 2. The summed E-state index contributed by atoms with van der Waals surface area (Å²) >= 11 is 0. The summed E-state index contributed by atoms with van der Waals surface area (Å²) in [7, 11) is 0. The molecule has 1 heterocycles. The fourth-order valence-electron chi connectivity index (χ4n) is 2.85. The van der Waals surface area contributed by atoms with Crippen LogP contribution in [0, 0.1) is 5.82 Å². The number of carboxylic acids is 1. The largest absolute Gasteiger partial charge is 0.478 e. The molecule has 0 spiro atoms. The topological polar surface area (TPSA) is 78.9 Å². The van der Waals surface area contributed by atoms with E-state index in [4.69, 9.17) is 9.84 Å². The summed E-state index contributed by atoms with van der Waals surface area (Å²) in [6.07, 6.45) is 0. The molecule has 1 atom stereocenters. The predicted octanol–water partition coefficient (Wildman–Crippen LogP) is 2.81. The maximum atomic E-state index is 13.1. The highest BCUT2D eigenvalue weighted by atomic mass is 19.1. The van der Waals surface area contributed by atoms with Crippen LogP contribution in [0.1, 0.15) is 27.5 Å². The number of rotatable bonds is 4. The van der Waals surface area contributed by atoms with E-state index in [0.29, 0.717) is 19.8 Å². The Morgan fingerprint density at radius 1 is 1.15 bits per heavy atom. The highest BCUT2D eigenvalue weighted by Crippen LogP contribution is 2.24. The zero-order valence-corrected chi connectivity index (χ0v) is 14.0. The summed E-state index contributed by atoms with van der Waals surface area (Å²) < 4.78 is 18.6. The van der Waals surface area contributed by atoms with Crippen LogP contribution < -0.4 is 5.32 Å². The van der Waals surface area contributed by atoms with Gasteiger partial charge in [-0.2, -0.15) is 0 Å². The van der Waals surface area contributed by atoms with Crippen molar-refractivity contribution in [3.8, 4) is 0 Å². The first kappa shape index (κ1) is 17.9. The van der Waals surface area contributed by atoms with E-state index in [1.54, 1.807) is 29.2 Å². The van der Waals surface area contributed by atoms with E-state index in [-0.39, 0.29) is 30.0 Å². The Balaban J connectivity index is 1.64. The monoisotopic (exact) mass is 358 g/mol. The molecule has 0 aliphatic carbocycles. The Kier molecular flexibility index (Phi) is 5.48. The zero-order valence-electron chi connectivity index (χ0n) is 14.0. The van der Waals surface area contributed by atoms with Crippen molar-refractivity contribution in [3.05, 3.63) is 71.0 Å². The van der Waals surface area contributed by atoms with E-state index < -0.39 is 5.97 Å². The lowest BCUT2D eigenvalue weighted by Gasteiger charge is -2.35. The molecule has 0 bridgehead atoms. The Hall–Kier alpha value is -2.93. The third-order valence-corrected chi connectivity index (χ3v) is 4.29. The Morgan fingerprint density at radius 3 is 2.50 bits per heavy atom. The molecule has 7 heteroatoms. The summed E-state index contributed by atoms with van der Waals surface area (Å²) in [5.41, 5.74) is 1.81. The SMILES string of the molecule is O=C(O)c1ccc(CNC(=O)N2CCOCC2c2ccc(F)cc2)cc1. The lowest BCUT2D eigenvalue weighted by molar-refractivity contribution is 0.0115. The molecule has 2 amide bonds. The van der Waals surface area contributed by atoms with Crippen LogP contribution >= 0.6 is 0 Å². The van der Waals surface area contributed by atoms with E-state index in [0.717, 1.165) is 11.1 Å². The van der Waals surface area contributed by atoms with Crippen molar-refractivity contribution in [2.75, 3.05) is 19.8 Å². The van der Waals surface area contributed by atoms with Crippen molar-refractivity contribution < 1.29 is 23.8 Å². The molecule has 136 valence electrons. The maximum Gasteiger partial charge on any atom is 0.335 e. The fourth-order valence-corrected chi connectivity index (χ4v) is 2.85. The standard InChI is InChI=1S/C19H19FN2O4/c20-16-7-5-14(6-8-16)17-12-26-10-9-22(17)19(25)21-11-13-1-3-15(4-2-13)18(23)24/h1-8,17H,9-12H2,(H,21,25)(H,23,24). The van der Waals surface area contributed by atoms with Crippen molar-refractivity contribution in [1.82, 2.24) is 10.2 Å². The number of carbonyl (C=O) groups is 2. The van der Waals surface area contributed by atoms with Gasteiger partial charge in [0.15, 0.2) is 0 Å². The van der Waals surface area contributed by atoms with Crippen molar-refractivity contribution in [2.45, 2.75) is 12.6 Å². The van der Waals surface area contributed by atoms with Gasteiger partial charge in [-0.05, 0) is 35.4 Å². The van der Waals surface area contributed by atoms with Gasteiger partial charge in [0.2, 0.25) is 0 Å². The van der Waals surface area contributed by atoms with Crippen LogP contribution in [-0.2, 0) is 11.3 Å². The molecule has 3 rings (SSSR count). The number of morpholine rings is 1. The number of benzene rings is 2. The second-order valence-electron chi connectivity index (χ2n) is 6.00. The number of halogens is 1. The highest BCUT2D eigenvalue weighted by molar-refractivity contribution is 5.87. The minimum absolute atomic E-state index is 0.199. The van der Waals surface area contributed by atoms with Crippen LogP contribution in [0.25, 0.3) is 0 Å². The van der Waals surface area contributed by atoms with Crippen LogP contribution in [0.15, 0.2) is 48.5 Å². The quantitative estimate of drug-likeness (QED) is 0.881. The third-order valence-electron chi connectivity index (χ3n) is 4.29. The van der Waals surface area contributed by atoms with Gasteiger partial charge in [0.1, 0.15) is 5.82 Å². The molecule has 1 aliphatic heterocycles. The van der Waals surface area contributed by atoms with Crippen LogP contribution in [-0.4, -0.2) is 41.8 Å². The van der Waals surface area contributed by atoms with Crippen molar-refractivity contribution in [2.24, 2.45) is 0 Å². The number of carboxylic acid groups (broad SMARTS) is 1. The first-order valence-corrected chi connectivity index (χ1v) is 8.24. The molecule has 0 radical (unpaired) electrons. The van der Waals surface area contributed by atoms with Crippen LogP contribution in [0.2, 0.25) is 0 Å². The van der Waals surface area contributed by atoms with Gasteiger partial charge < -0.3 is 20.1 Å². The summed E-state index contributed by atoms with van der Waals surface area (Å²) in [6.45, 7) is 1.52. The first-order valence-electron chi connectivity index (χ1n) is 8.24. The molecule has 1 unspecified atom stereocenters. The minimum Gasteiger partial charge on any atom is -0.478 e. The lowest BCUT2D eigenvalue weighted by atomic mass is 10.1. The lowest BCUT2D eigenvalue weighted by Crippen LogP contribution is -2.47. The molecule has 1 aliphatic rings. The van der Waals surface area contributed by atoms with Crippen LogP contribution in [0.4, 0.5) is 9.18 Å². The van der Waals surface area contributed by atoms with E-state index >= 15 is 0 Å². The summed E-state index contributed by atoms with van der Waals surface area (Å²) in [5, 5.41) is 11.7. The number of nitrogens with one attached hydrogen (secondary N) is 1. The molecular formula is C19H19FN2O4. The molecule has 2 aromatic rings. The minimum atomic E-state index is -0.990. The molecule has 0 saturated carbocycles. The Labute approximate surface area is 150 Å². The number of hydrogen-bond acceptors (Lipinski definition) is 3. The molecule has 1 fully saturated rings. The van der Waals surface area contributed by atoms with Crippen molar-refractivity contribution in [1.29, 1.82) is 0 Å². The average Bonchev–Trinajstić information content (AvgIpc) is 2.67. The van der Waals surface area contributed by atoms with Crippen LogP contribution in [0.5, 0.6) is 0 Å². The second kappa shape index (κ2) is 7.97.